The third kappa shape index (κ3) is 5.48. The molecular formula is C19H19Cl2NO3. The lowest BCUT2D eigenvalue weighted by Crippen LogP contribution is -2.30. The van der Waals surface area contributed by atoms with Crippen molar-refractivity contribution in [2.24, 2.45) is 0 Å². The third-order valence-electron chi connectivity index (χ3n) is 3.69. The van der Waals surface area contributed by atoms with Crippen molar-refractivity contribution in [2.45, 2.75) is 32.8 Å². The van der Waals surface area contributed by atoms with Crippen LogP contribution in [0.1, 0.15) is 25.0 Å². The average molecular weight is 380 g/mol. The second kappa shape index (κ2) is 8.88. The SMILES string of the molecule is CCc1ccc(NC(=O)C(C)OC(=O)Cc2c(Cl)cccc2Cl)cc1. The summed E-state index contributed by atoms with van der Waals surface area (Å²) in [6.45, 7) is 3.57. The van der Waals surface area contributed by atoms with Gasteiger partial charge in [0.15, 0.2) is 6.10 Å². The van der Waals surface area contributed by atoms with E-state index in [1.165, 1.54) is 12.5 Å². The van der Waals surface area contributed by atoms with Gasteiger partial charge in [0.05, 0.1) is 6.42 Å². The normalized spacial score (nSPS) is 11.7. The molecule has 0 bridgehead atoms. The van der Waals surface area contributed by atoms with E-state index in [9.17, 15) is 9.59 Å². The molecule has 6 heteroatoms. The fourth-order valence-electron chi connectivity index (χ4n) is 2.21. The Morgan fingerprint density at radius 2 is 1.68 bits per heavy atom. The topological polar surface area (TPSA) is 55.4 Å². The highest BCUT2D eigenvalue weighted by atomic mass is 35.5. The van der Waals surface area contributed by atoms with E-state index in [-0.39, 0.29) is 6.42 Å². The van der Waals surface area contributed by atoms with Crippen LogP contribution in [0.25, 0.3) is 0 Å². The highest BCUT2D eigenvalue weighted by Gasteiger charge is 2.19. The van der Waals surface area contributed by atoms with E-state index < -0.39 is 18.0 Å². The fraction of sp³-hybridized carbons (Fsp3) is 0.263. The number of hydrogen-bond acceptors (Lipinski definition) is 3. The van der Waals surface area contributed by atoms with Crippen LogP contribution in [0.15, 0.2) is 42.5 Å². The lowest BCUT2D eigenvalue weighted by molar-refractivity contribution is -0.152. The van der Waals surface area contributed by atoms with E-state index >= 15 is 0 Å². The quantitative estimate of drug-likeness (QED) is 0.741. The van der Waals surface area contributed by atoms with Gasteiger partial charge in [0.25, 0.3) is 5.91 Å². The van der Waals surface area contributed by atoms with Crippen molar-refractivity contribution >= 4 is 40.8 Å². The van der Waals surface area contributed by atoms with Crippen molar-refractivity contribution in [1.82, 2.24) is 0 Å². The van der Waals surface area contributed by atoms with Crippen molar-refractivity contribution in [1.29, 1.82) is 0 Å². The number of hydrogen-bond donors (Lipinski definition) is 1. The van der Waals surface area contributed by atoms with Gasteiger partial charge in [-0.15, -0.1) is 0 Å². The molecule has 0 fully saturated rings. The standard InChI is InChI=1S/C19H19Cl2NO3/c1-3-13-7-9-14(10-8-13)22-19(24)12(2)25-18(23)11-15-16(20)5-4-6-17(15)21/h4-10,12H,3,11H2,1-2H3,(H,22,24). The number of ether oxygens (including phenoxy) is 1. The first-order chi connectivity index (χ1) is 11.9. The maximum absolute atomic E-state index is 12.1. The van der Waals surface area contributed by atoms with Crippen LogP contribution in [0.3, 0.4) is 0 Å². The summed E-state index contributed by atoms with van der Waals surface area (Å²) in [6.07, 6.45) is -0.103. The first kappa shape index (κ1) is 19.3. The van der Waals surface area contributed by atoms with Gasteiger partial charge >= 0.3 is 5.97 Å². The minimum Gasteiger partial charge on any atom is -0.452 e. The summed E-state index contributed by atoms with van der Waals surface area (Å²) in [4.78, 5) is 24.2. The Bertz CT molecular complexity index is 740. The molecule has 0 heterocycles. The van der Waals surface area contributed by atoms with E-state index in [1.807, 2.05) is 24.3 Å². The molecule has 2 rings (SSSR count). The number of nitrogens with one attached hydrogen (secondary N) is 1. The van der Waals surface area contributed by atoms with E-state index in [0.29, 0.717) is 21.3 Å². The van der Waals surface area contributed by atoms with Gasteiger partial charge in [0, 0.05) is 21.3 Å². The zero-order valence-corrected chi connectivity index (χ0v) is 15.5. The summed E-state index contributed by atoms with van der Waals surface area (Å²) in [5, 5.41) is 3.49. The Kier molecular flexibility index (Phi) is 6.85. The van der Waals surface area contributed by atoms with Gasteiger partial charge < -0.3 is 10.1 Å². The van der Waals surface area contributed by atoms with E-state index in [4.69, 9.17) is 27.9 Å². The predicted molar refractivity (Wildman–Crippen MR) is 100 cm³/mol. The van der Waals surface area contributed by atoms with Crippen LogP contribution in [-0.2, 0) is 27.2 Å². The maximum Gasteiger partial charge on any atom is 0.311 e. The second-order valence-electron chi connectivity index (χ2n) is 5.55. The number of benzene rings is 2. The van der Waals surface area contributed by atoms with Gasteiger partial charge in [-0.2, -0.15) is 0 Å². The van der Waals surface area contributed by atoms with Crippen LogP contribution in [0, 0.1) is 0 Å². The Morgan fingerprint density at radius 1 is 1.08 bits per heavy atom. The van der Waals surface area contributed by atoms with Crippen molar-refractivity contribution in [3.8, 4) is 0 Å². The summed E-state index contributed by atoms with van der Waals surface area (Å²) in [6, 6.07) is 12.5. The molecule has 1 atom stereocenters. The lowest BCUT2D eigenvalue weighted by atomic mass is 10.1. The van der Waals surface area contributed by atoms with Crippen LogP contribution >= 0.6 is 23.2 Å². The fourth-order valence-corrected chi connectivity index (χ4v) is 2.74. The number of esters is 1. The van der Waals surface area contributed by atoms with Crippen LogP contribution in [-0.4, -0.2) is 18.0 Å². The van der Waals surface area contributed by atoms with Gasteiger partial charge in [-0.1, -0.05) is 48.3 Å². The number of halogens is 2. The van der Waals surface area contributed by atoms with Crippen LogP contribution in [0.5, 0.6) is 0 Å². The molecule has 0 saturated heterocycles. The van der Waals surface area contributed by atoms with Crippen molar-refractivity contribution in [3.05, 3.63) is 63.6 Å². The summed E-state index contributed by atoms with van der Waals surface area (Å²) < 4.78 is 5.17. The summed E-state index contributed by atoms with van der Waals surface area (Å²) >= 11 is 12.1. The zero-order chi connectivity index (χ0) is 18.4. The lowest BCUT2D eigenvalue weighted by Gasteiger charge is -2.14. The molecule has 0 saturated carbocycles. The van der Waals surface area contributed by atoms with Gasteiger partial charge in [0.1, 0.15) is 0 Å². The molecule has 25 heavy (non-hydrogen) atoms. The average Bonchev–Trinajstić information content (AvgIpc) is 2.59. The smallest absolute Gasteiger partial charge is 0.311 e. The number of carbonyl (C=O) groups excluding carboxylic acids is 2. The minimum absolute atomic E-state index is 0.0959. The Labute approximate surface area is 157 Å². The molecule has 0 spiro atoms. The van der Waals surface area contributed by atoms with Gasteiger partial charge in [0.2, 0.25) is 0 Å². The minimum atomic E-state index is -0.931. The molecule has 0 aliphatic carbocycles. The molecule has 132 valence electrons. The molecule has 0 radical (unpaired) electrons. The van der Waals surface area contributed by atoms with Crippen LogP contribution in [0.2, 0.25) is 10.0 Å². The summed E-state index contributed by atoms with van der Waals surface area (Å²) in [5.41, 5.74) is 2.31. The second-order valence-corrected chi connectivity index (χ2v) is 6.36. The molecule has 1 N–H and O–H groups in total. The maximum atomic E-state index is 12.1. The molecule has 2 aromatic rings. The number of aryl methyl sites for hydroxylation is 1. The van der Waals surface area contributed by atoms with Crippen LogP contribution in [0.4, 0.5) is 5.69 Å². The van der Waals surface area contributed by atoms with Crippen LogP contribution < -0.4 is 5.32 Å². The molecular weight excluding hydrogens is 361 g/mol. The van der Waals surface area contributed by atoms with Crippen molar-refractivity contribution < 1.29 is 14.3 Å². The summed E-state index contributed by atoms with van der Waals surface area (Å²) in [7, 11) is 0. The predicted octanol–water partition coefficient (Wildman–Crippen LogP) is 4.67. The monoisotopic (exact) mass is 379 g/mol. The van der Waals surface area contributed by atoms with E-state index in [2.05, 4.69) is 12.2 Å². The van der Waals surface area contributed by atoms with E-state index in [1.54, 1.807) is 18.2 Å². The molecule has 0 aliphatic rings. The number of amides is 1. The van der Waals surface area contributed by atoms with Gasteiger partial charge in [-0.25, -0.2) is 0 Å². The molecule has 0 aromatic heterocycles. The van der Waals surface area contributed by atoms with Gasteiger partial charge in [-0.3, -0.25) is 9.59 Å². The number of anilines is 1. The van der Waals surface area contributed by atoms with Gasteiger partial charge in [-0.05, 0) is 43.2 Å². The Balaban J connectivity index is 1.92. The molecule has 1 amide bonds. The highest BCUT2D eigenvalue weighted by Crippen LogP contribution is 2.25. The Morgan fingerprint density at radius 3 is 2.24 bits per heavy atom. The zero-order valence-electron chi connectivity index (χ0n) is 14.0. The Hall–Kier alpha value is -2.04. The molecule has 4 nitrogen and oxygen atoms in total. The largest absolute Gasteiger partial charge is 0.452 e. The number of carbonyl (C=O) groups is 2. The highest BCUT2D eigenvalue weighted by molar-refractivity contribution is 6.36. The molecule has 1 unspecified atom stereocenters. The molecule has 0 aliphatic heterocycles. The first-order valence-corrected chi connectivity index (χ1v) is 8.68. The van der Waals surface area contributed by atoms with Crippen molar-refractivity contribution in [2.75, 3.05) is 5.32 Å². The molecule has 2 aromatic carbocycles. The third-order valence-corrected chi connectivity index (χ3v) is 4.40. The summed E-state index contributed by atoms with van der Waals surface area (Å²) in [5.74, 6) is -0.971. The number of rotatable bonds is 6. The van der Waals surface area contributed by atoms with Crippen molar-refractivity contribution in [3.63, 3.8) is 0 Å². The first-order valence-electron chi connectivity index (χ1n) is 7.93. The van der Waals surface area contributed by atoms with E-state index in [0.717, 1.165) is 6.42 Å².